The lowest BCUT2D eigenvalue weighted by atomic mass is 9.79. The molecule has 3 N–H and O–H groups in total. The standard InChI is InChI=1S/C19H23BN2O4/c1-18(2)19(3,4)26-20(25-18)13-8-10-14(11-9-13)21-17(24)22-15-6-5-7-16(23)12-15/h5-12,23H,1-4H3,(H2,21,22,24). The minimum Gasteiger partial charge on any atom is -0.508 e. The van der Waals surface area contributed by atoms with Crippen LogP contribution in [0.3, 0.4) is 0 Å². The second-order valence-corrected chi connectivity index (χ2v) is 7.34. The summed E-state index contributed by atoms with van der Waals surface area (Å²) in [7, 11) is -0.435. The van der Waals surface area contributed by atoms with Crippen LogP contribution in [-0.2, 0) is 9.31 Å². The number of phenols is 1. The molecule has 0 saturated carbocycles. The molecular weight excluding hydrogens is 331 g/mol. The fraction of sp³-hybridized carbons (Fsp3) is 0.316. The molecule has 0 unspecified atom stereocenters. The number of amides is 2. The second-order valence-electron chi connectivity index (χ2n) is 7.34. The van der Waals surface area contributed by atoms with Crippen molar-refractivity contribution in [3.8, 4) is 5.75 Å². The maximum Gasteiger partial charge on any atom is 0.494 e. The molecule has 6 nitrogen and oxygen atoms in total. The summed E-state index contributed by atoms with van der Waals surface area (Å²) < 4.78 is 12.0. The highest BCUT2D eigenvalue weighted by Crippen LogP contribution is 2.36. The first kappa shape index (κ1) is 18.3. The van der Waals surface area contributed by atoms with Gasteiger partial charge in [-0.05, 0) is 57.4 Å². The third kappa shape index (κ3) is 3.84. The van der Waals surface area contributed by atoms with Crippen molar-refractivity contribution in [3.05, 3.63) is 48.5 Å². The molecule has 0 atom stereocenters. The lowest BCUT2D eigenvalue weighted by Crippen LogP contribution is -2.41. The molecule has 1 fully saturated rings. The van der Waals surface area contributed by atoms with E-state index < -0.39 is 18.3 Å². The van der Waals surface area contributed by atoms with Gasteiger partial charge in [0.25, 0.3) is 0 Å². The van der Waals surface area contributed by atoms with Gasteiger partial charge in [-0.25, -0.2) is 4.79 Å². The van der Waals surface area contributed by atoms with Gasteiger partial charge in [0.15, 0.2) is 0 Å². The van der Waals surface area contributed by atoms with E-state index in [1.807, 2.05) is 39.8 Å². The molecule has 0 spiro atoms. The van der Waals surface area contributed by atoms with Crippen LogP contribution in [0.4, 0.5) is 16.2 Å². The highest BCUT2D eigenvalue weighted by atomic mass is 16.7. The van der Waals surface area contributed by atoms with Gasteiger partial charge in [-0.15, -0.1) is 0 Å². The lowest BCUT2D eigenvalue weighted by molar-refractivity contribution is 0.00578. The largest absolute Gasteiger partial charge is 0.508 e. The lowest BCUT2D eigenvalue weighted by Gasteiger charge is -2.32. The molecule has 0 bridgehead atoms. The Morgan fingerprint density at radius 1 is 0.923 bits per heavy atom. The SMILES string of the molecule is CC1(C)OB(c2ccc(NC(=O)Nc3cccc(O)c3)cc2)OC1(C)C. The van der Waals surface area contributed by atoms with Crippen LogP contribution in [0.2, 0.25) is 0 Å². The van der Waals surface area contributed by atoms with E-state index in [9.17, 15) is 9.90 Å². The zero-order valence-electron chi connectivity index (χ0n) is 15.4. The third-order valence-electron chi connectivity index (χ3n) is 4.80. The van der Waals surface area contributed by atoms with Crippen molar-refractivity contribution in [3.63, 3.8) is 0 Å². The maximum atomic E-state index is 12.1. The molecule has 0 aliphatic carbocycles. The van der Waals surface area contributed by atoms with Gasteiger partial charge >= 0.3 is 13.1 Å². The first-order chi connectivity index (χ1) is 12.2. The highest BCUT2D eigenvalue weighted by molar-refractivity contribution is 6.62. The van der Waals surface area contributed by atoms with E-state index in [0.29, 0.717) is 11.4 Å². The Balaban J connectivity index is 1.62. The van der Waals surface area contributed by atoms with Gasteiger partial charge in [-0.3, -0.25) is 0 Å². The summed E-state index contributed by atoms with van der Waals surface area (Å²) in [4.78, 5) is 12.1. The maximum absolute atomic E-state index is 12.1. The summed E-state index contributed by atoms with van der Waals surface area (Å²) in [5, 5.41) is 14.8. The van der Waals surface area contributed by atoms with Crippen LogP contribution in [0.5, 0.6) is 5.75 Å². The number of anilines is 2. The van der Waals surface area contributed by atoms with E-state index in [1.54, 1.807) is 24.3 Å². The first-order valence-corrected chi connectivity index (χ1v) is 8.49. The smallest absolute Gasteiger partial charge is 0.494 e. The van der Waals surface area contributed by atoms with Gasteiger partial charge in [-0.1, -0.05) is 18.2 Å². The predicted molar refractivity (Wildman–Crippen MR) is 103 cm³/mol. The van der Waals surface area contributed by atoms with Crippen molar-refractivity contribution in [2.24, 2.45) is 0 Å². The molecule has 0 radical (unpaired) electrons. The number of aromatic hydroxyl groups is 1. The summed E-state index contributed by atoms with van der Waals surface area (Å²) in [6.07, 6.45) is 0. The monoisotopic (exact) mass is 354 g/mol. The number of benzene rings is 2. The number of hydrogen-bond donors (Lipinski definition) is 3. The van der Waals surface area contributed by atoms with Crippen LogP contribution in [0, 0.1) is 0 Å². The number of urea groups is 1. The van der Waals surface area contributed by atoms with Gasteiger partial charge in [0, 0.05) is 17.4 Å². The van der Waals surface area contributed by atoms with E-state index >= 15 is 0 Å². The molecule has 136 valence electrons. The van der Waals surface area contributed by atoms with E-state index in [4.69, 9.17) is 9.31 Å². The van der Waals surface area contributed by atoms with E-state index in [1.165, 1.54) is 12.1 Å². The van der Waals surface area contributed by atoms with Gasteiger partial charge in [0.2, 0.25) is 0 Å². The molecule has 1 saturated heterocycles. The average Bonchev–Trinajstić information content (AvgIpc) is 2.76. The summed E-state index contributed by atoms with van der Waals surface area (Å²) in [6.45, 7) is 8.03. The van der Waals surface area contributed by atoms with Crippen LogP contribution in [0.25, 0.3) is 0 Å². The quantitative estimate of drug-likeness (QED) is 0.739. The zero-order chi connectivity index (χ0) is 18.9. The van der Waals surface area contributed by atoms with Crippen molar-refractivity contribution in [1.29, 1.82) is 0 Å². The van der Waals surface area contributed by atoms with E-state index in [2.05, 4.69) is 10.6 Å². The van der Waals surface area contributed by atoms with Gasteiger partial charge in [-0.2, -0.15) is 0 Å². The predicted octanol–water partition coefficient (Wildman–Crippen LogP) is 3.34. The summed E-state index contributed by atoms with van der Waals surface area (Å²) in [5.74, 6) is 0.0922. The van der Waals surface area contributed by atoms with Crippen molar-refractivity contribution in [2.75, 3.05) is 10.6 Å². The Labute approximate surface area is 153 Å². The third-order valence-corrected chi connectivity index (χ3v) is 4.80. The molecule has 0 aromatic heterocycles. The average molecular weight is 354 g/mol. The molecule has 2 aromatic carbocycles. The Kier molecular flexibility index (Phi) is 4.69. The Morgan fingerprint density at radius 3 is 2.08 bits per heavy atom. The Bertz CT molecular complexity index is 789. The van der Waals surface area contributed by atoms with Crippen LogP contribution in [0.15, 0.2) is 48.5 Å². The number of carbonyl (C=O) groups excluding carboxylic acids is 1. The van der Waals surface area contributed by atoms with Crippen LogP contribution >= 0.6 is 0 Å². The highest BCUT2D eigenvalue weighted by Gasteiger charge is 2.51. The molecule has 26 heavy (non-hydrogen) atoms. The van der Waals surface area contributed by atoms with Crippen LogP contribution < -0.4 is 16.1 Å². The summed E-state index contributed by atoms with van der Waals surface area (Å²) >= 11 is 0. The van der Waals surface area contributed by atoms with Crippen molar-refractivity contribution in [2.45, 2.75) is 38.9 Å². The van der Waals surface area contributed by atoms with E-state index in [-0.39, 0.29) is 11.8 Å². The molecule has 2 aromatic rings. The molecule has 3 rings (SSSR count). The Hall–Kier alpha value is -2.51. The van der Waals surface area contributed by atoms with Gasteiger partial charge in [0.1, 0.15) is 5.75 Å². The molecule has 1 heterocycles. The van der Waals surface area contributed by atoms with Gasteiger partial charge in [0.05, 0.1) is 11.2 Å². The number of rotatable bonds is 3. The first-order valence-electron chi connectivity index (χ1n) is 8.49. The topological polar surface area (TPSA) is 79.8 Å². The minimum atomic E-state index is -0.435. The fourth-order valence-corrected chi connectivity index (χ4v) is 2.58. The number of carbonyl (C=O) groups is 1. The molecule has 1 aliphatic heterocycles. The normalized spacial score (nSPS) is 17.8. The van der Waals surface area contributed by atoms with Crippen LogP contribution in [0.1, 0.15) is 27.7 Å². The van der Waals surface area contributed by atoms with Crippen LogP contribution in [-0.4, -0.2) is 29.5 Å². The molecule has 2 amide bonds. The number of hydrogen-bond acceptors (Lipinski definition) is 4. The summed E-state index contributed by atoms with van der Waals surface area (Å²) in [6, 6.07) is 13.3. The van der Waals surface area contributed by atoms with Crippen molar-refractivity contribution < 1.29 is 19.2 Å². The molecule has 7 heteroatoms. The van der Waals surface area contributed by atoms with E-state index in [0.717, 1.165) is 5.46 Å². The van der Waals surface area contributed by atoms with Crippen molar-refractivity contribution >= 4 is 30.0 Å². The minimum absolute atomic E-state index is 0.0922. The molecule has 1 aliphatic rings. The number of nitrogens with one attached hydrogen (secondary N) is 2. The number of phenolic OH excluding ortho intramolecular Hbond substituents is 1. The summed E-state index contributed by atoms with van der Waals surface area (Å²) in [5.41, 5.74) is 1.26. The second kappa shape index (κ2) is 6.66. The molecular formula is C19H23BN2O4. The Morgan fingerprint density at radius 2 is 1.50 bits per heavy atom. The van der Waals surface area contributed by atoms with Crippen molar-refractivity contribution in [1.82, 2.24) is 0 Å². The zero-order valence-corrected chi connectivity index (χ0v) is 15.4. The van der Waals surface area contributed by atoms with Gasteiger partial charge < -0.3 is 25.0 Å². The fourth-order valence-electron chi connectivity index (χ4n) is 2.58.